The van der Waals surface area contributed by atoms with Crippen molar-refractivity contribution in [3.8, 4) is 0 Å². The van der Waals surface area contributed by atoms with E-state index >= 15 is 0 Å². The molecule has 1 fully saturated rings. The summed E-state index contributed by atoms with van der Waals surface area (Å²) in [5, 5.41) is 7.21. The zero-order valence-corrected chi connectivity index (χ0v) is 9.38. The maximum Gasteiger partial charge on any atom is 0.138 e. The number of halogens is 1. The molecule has 0 atom stereocenters. The molecule has 0 saturated carbocycles. The van der Waals surface area contributed by atoms with Gasteiger partial charge in [-0.3, -0.25) is 0 Å². The van der Waals surface area contributed by atoms with E-state index in [0.717, 1.165) is 34.8 Å². The summed E-state index contributed by atoms with van der Waals surface area (Å²) in [4.78, 5) is 0. The van der Waals surface area contributed by atoms with Crippen LogP contribution in [0.2, 0.25) is 4.34 Å². The van der Waals surface area contributed by atoms with Crippen molar-refractivity contribution in [2.45, 2.75) is 5.75 Å². The molecule has 1 aliphatic rings. The molecule has 0 bridgehead atoms. The van der Waals surface area contributed by atoms with Crippen molar-refractivity contribution < 1.29 is 0 Å². The van der Waals surface area contributed by atoms with Crippen LogP contribution in [0.5, 0.6) is 0 Å². The maximum atomic E-state index is 5.87. The topological polar surface area (TPSA) is 37.8 Å². The summed E-state index contributed by atoms with van der Waals surface area (Å²) in [6.07, 6.45) is 0. The molecule has 2 rings (SSSR count). The van der Waals surface area contributed by atoms with Crippen LogP contribution >= 0.6 is 34.9 Å². The van der Waals surface area contributed by atoms with Gasteiger partial charge in [0.25, 0.3) is 0 Å². The number of nitrogens with zero attached hydrogens (tertiary/aromatic N) is 2. The van der Waals surface area contributed by atoms with E-state index in [-0.39, 0.29) is 0 Å². The molecule has 0 amide bonds. The van der Waals surface area contributed by atoms with Crippen molar-refractivity contribution in [2.75, 3.05) is 18.8 Å². The van der Waals surface area contributed by atoms with Crippen molar-refractivity contribution >= 4 is 34.9 Å². The molecule has 1 N–H and O–H groups in total. The van der Waals surface area contributed by atoms with Crippen molar-refractivity contribution in [3.05, 3.63) is 10.0 Å². The largest absolute Gasteiger partial charge is 0.316 e. The van der Waals surface area contributed by atoms with Gasteiger partial charge in [-0.1, -0.05) is 16.1 Å². The molecule has 0 spiro atoms. The Morgan fingerprint density at radius 3 is 3.00 bits per heavy atom. The zero-order chi connectivity index (χ0) is 9.10. The number of aromatic nitrogens is 2. The smallest absolute Gasteiger partial charge is 0.138 e. The average molecular weight is 236 g/mol. The Morgan fingerprint density at radius 2 is 2.46 bits per heavy atom. The molecule has 0 radical (unpaired) electrons. The Labute approximate surface area is 90.4 Å². The van der Waals surface area contributed by atoms with Gasteiger partial charge in [0.05, 0.1) is 0 Å². The highest BCUT2D eigenvalue weighted by molar-refractivity contribution is 7.98. The summed E-state index contributed by atoms with van der Waals surface area (Å²) in [5.74, 6) is 2.93. The predicted molar refractivity (Wildman–Crippen MR) is 57.4 cm³/mol. The molecule has 1 aliphatic heterocycles. The average Bonchev–Trinajstić information content (AvgIpc) is 2.42. The predicted octanol–water partition coefficient (Wildman–Crippen LogP) is 1.64. The molecule has 0 aromatic carbocycles. The Bertz CT molecular complexity index is 274. The lowest BCUT2D eigenvalue weighted by Crippen LogP contribution is -2.43. The second kappa shape index (κ2) is 4.59. The van der Waals surface area contributed by atoms with Crippen LogP contribution in [-0.2, 0) is 5.75 Å². The number of rotatable bonds is 4. The van der Waals surface area contributed by atoms with Gasteiger partial charge in [0.15, 0.2) is 0 Å². The normalized spacial score (nSPS) is 17.3. The molecule has 13 heavy (non-hydrogen) atoms. The van der Waals surface area contributed by atoms with Gasteiger partial charge in [0.2, 0.25) is 0 Å². The Morgan fingerprint density at radius 1 is 1.62 bits per heavy atom. The Kier molecular flexibility index (Phi) is 3.43. The molecular formula is C7H10ClN3S2. The van der Waals surface area contributed by atoms with Gasteiger partial charge in [-0.2, -0.15) is 11.8 Å². The van der Waals surface area contributed by atoms with Gasteiger partial charge in [0.1, 0.15) is 10.0 Å². The van der Waals surface area contributed by atoms with E-state index in [1.54, 1.807) is 0 Å². The number of hydrogen-bond donors (Lipinski definition) is 1. The van der Waals surface area contributed by atoms with Crippen LogP contribution in [0.3, 0.4) is 0 Å². The van der Waals surface area contributed by atoms with Crippen LogP contribution in [-0.4, -0.2) is 28.4 Å². The second-order valence-corrected chi connectivity index (χ2v) is 5.42. The van der Waals surface area contributed by atoms with E-state index in [2.05, 4.69) is 14.9 Å². The molecule has 6 heteroatoms. The van der Waals surface area contributed by atoms with Crippen LogP contribution in [0.1, 0.15) is 5.69 Å². The molecule has 1 saturated heterocycles. The monoisotopic (exact) mass is 235 g/mol. The molecule has 72 valence electrons. The third-order valence-corrected chi connectivity index (χ3v) is 4.14. The third-order valence-electron chi connectivity index (χ3n) is 1.97. The van der Waals surface area contributed by atoms with E-state index in [4.69, 9.17) is 11.6 Å². The minimum atomic E-state index is 0.735. The molecule has 3 nitrogen and oxygen atoms in total. The molecule has 2 heterocycles. The summed E-state index contributed by atoms with van der Waals surface area (Å²) in [6.45, 7) is 2.33. The van der Waals surface area contributed by atoms with E-state index < -0.39 is 0 Å². The van der Waals surface area contributed by atoms with Crippen molar-refractivity contribution in [3.63, 3.8) is 0 Å². The number of hydrogen-bond acceptors (Lipinski definition) is 5. The molecule has 0 aliphatic carbocycles. The fourth-order valence-corrected chi connectivity index (χ4v) is 2.95. The van der Waals surface area contributed by atoms with Crippen LogP contribution in [0.4, 0.5) is 0 Å². The minimum Gasteiger partial charge on any atom is -0.316 e. The summed E-state index contributed by atoms with van der Waals surface area (Å²) >= 11 is 9.02. The maximum absolute atomic E-state index is 5.87. The van der Waals surface area contributed by atoms with Gasteiger partial charge in [-0.05, 0) is 24.8 Å². The van der Waals surface area contributed by atoms with Gasteiger partial charge in [0, 0.05) is 17.3 Å². The van der Waals surface area contributed by atoms with Gasteiger partial charge in [-0.25, -0.2) is 0 Å². The lowest BCUT2D eigenvalue weighted by molar-refractivity contribution is 0.385. The first-order chi connectivity index (χ1) is 6.36. The minimum absolute atomic E-state index is 0.735. The van der Waals surface area contributed by atoms with Crippen LogP contribution in [0, 0.1) is 5.92 Å². The first kappa shape index (κ1) is 9.71. The molecule has 1 aromatic heterocycles. The first-order valence-electron chi connectivity index (χ1n) is 4.11. The highest BCUT2D eigenvalue weighted by Crippen LogP contribution is 2.23. The molecule has 1 aromatic rings. The molecule has 0 unspecified atom stereocenters. The highest BCUT2D eigenvalue weighted by atomic mass is 35.5. The molecular weight excluding hydrogens is 226 g/mol. The van der Waals surface area contributed by atoms with E-state index in [1.807, 2.05) is 11.8 Å². The zero-order valence-electron chi connectivity index (χ0n) is 6.99. The fourth-order valence-electron chi connectivity index (χ4n) is 1.07. The second-order valence-electron chi connectivity index (χ2n) is 3.03. The fraction of sp³-hybridized carbons (Fsp3) is 0.714. The van der Waals surface area contributed by atoms with Crippen LogP contribution in [0.15, 0.2) is 0 Å². The first-order valence-corrected chi connectivity index (χ1v) is 6.42. The summed E-state index contributed by atoms with van der Waals surface area (Å²) < 4.78 is 4.52. The van der Waals surface area contributed by atoms with Crippen molar-refractivity contribution in [2.24, 2.45) is 5.92 Å². The van der Waals surface area contributed by atoms with Gasteiger partial charge >= 0.3 is 0 Å². The summed E-state index contributed by atoms with van der Waals surface area (Å²) in [7, 11) is 0. The van der Waals surface area contributed by atoms with Crippen molar-refractivity contribution in [1.29, 1.82) is 0 Å². The lowest BCUT2D eigenvalue weighted by Gasteiger charge is -2.26. The SMILES string of the molecule is Clc1snnc1CSCC1CNC1. The van der Waals surface area contributed by atoms with Gasteiger partial charge < -0.3 is 5.32 Å². The Hall–Kier alpha value is 0.160. The van der Waals surface area contributed by atoms with E-state index in [0.29, 0.717) is 0 Å². The third kappa shape index (κ3) is 2.56. The van der Waals surface area contributed by atoms with Gasteiger partial charge in [-0.15, -0.1) is 5.10 Å². The van der Waals surface area contributed by atoms with E-state index in [9.17, 15) is 0 Å². The highest BCUT2D eigenvalue weighted by Gasteiger charge is 2.16. The lowest BCUT2D eigenvalue weighted by atomic mass is 10.1. The Balaban J connectivity index is 1.70. The summed E-state index contributed by atoms with van der Waals surface area (Å²) in [5.41, 5.74) is 0.934. The van der Waals surface area contributed by atoms with Crippen LogP contribution < -0.4 is 5.32 Å². The van der Waals surface area contributed by atoms with Crippen molar-refractivity contribution in [1.82, 2.24) is 14.9 Å². The van der Waals surface area contributed by atoms with E-state index in [1.165, 1.54) is 17.3 Å². The number of nitrogens with one attached hydrogen (secondary N) is 1. The quantitative estimate of drug-likeness (QED) is 0.861. The number of thioether (sulfide) groups is 1. The summed E-state index contributed by atoms with van der Waals surface area (Å²) in [6, 6.07) is 0. The van der Waals surface area contributed by atoms with Crippen LogP contribution in [0.25, 0.3) is 0 Å². The standard InChI is InChI=1S/C7H10ClN3S2/c8-7-6(10-11-13-7)4-12-3-5-1-9-2-5/h5,9H,1-4H2.